The second kappa shape index (κ2) is 9.86. The lowest BCUT2D eigenvalue weighted by atomic mass is 9.88. The highest BCUT2D eigenvalue weighted by Crippen LogP contribution is 2.30. The summed E-state index contributed by atoms with van der Waals surface area (Å²) in [7, 11) is 2.10. The third kappa shape index (κ3) is 5.16. The molecule has 0 aliphatic carbocycles. The van der Waals surface area contributed by atoms with E-state index < -0.39 is 6.10 Å². The number of aliphatic hydroxyl groups is 1. The molecule has 3 nitrogen and oxygen atoms in total. The van der Waals surface area contributed by atoms with E-state index >= 15 is 0 Å². The summed E-state index contributed by atoms with van der Waals surface area (Å²) in [6.07, 6.45) is 4.07. The van der Waals surface area contributed by atoms with Crippen molar-refractivity contribution in [3.63, 3.8) is 0 Å². The number of carbonyl (C=O) groups excluding carboxylic acids is 1. The number of aliphatic hydroxyl groups excluding tert-OH is 1. The van der Waals surface area contributed by atoms with Crippen molar-refractivity contribution in [3.8, 4) is 0 Å². The van der Waals surface area contributed by atoms with Gasteiger partial charge >= 0.3 is 0 Å². The van der Waals surface area contributed by atoms with Gasteiger partial charge in [0.05, 0.1) is 6.10 Å². The lowest BCUT2D eigenvalue weighted by Gasteiger charge is -2.40. The van der Waals surface area contributed by atoms with Gasteiger partial charge in [0, 0.05) is 24.1 Å². The molecule has 26 heavy (non-hydrogen) atoms. The van der Waals surface area contributed by atoms with Crippen LogP contribution in [0.5, 0.6) is 0 Å². The standard InChI is InChI=1S/C22H27NO2.ClH/c1-23-19(15-21(24)17-9-4-2-5-10-17)13-8-14-20(23)16-22(25)18-11-6-3-7-12-18;/h2-7,9-12,19-21,24H,8,13-16H2,1H3;1H/t19-,20+,21-;/m0./s1. The van der Waals surface area contributed by atoms with E-state index in [9.17, 15) is 9.90 Å². The molecule has 3 rings (SSSR count). The molecular weight excluding hydrogens is 346 g/mol. The number of rotatable bonds is 6. The maximum absolute atomic E-state index is 12.5. The Morgan fingerprint density at radius 3 is 2.27 bits per heavy atom. The summed E-state index contributed by atoms with van der Waals surface area (Å²) >= 11 is 0. The number of piperidine rings is 1. The van der Waals surface area contributed by atoms with Crippen molar-refractivity contribution < 1.29 is 9.90 Å². The van der Waals surface area contributed by atoms with Crippen LogP contribution in [0, 0.1) is 0 Å². The Morgan fingerprint density at radius 2 is 1.62 bits per heavy atom. The Labute approximate surface area is 162 Å². The lowest BCUT2D eigenvalue weighted by Crippen LogP contribution is -2.45. The van der Waals surface area contributed by atoms with E-state index in [1.165, 1.54) is 0 Å². The minimum Gasteiger partial charge on any atom is -0.388 e. The molecule has 1 fully saturated rings. The van der Waals surface area contributed by atoms with E-state index in [-0.39, 0.29) is 24.2 Å². The van der Waals surface area contributed by atoms with Crippen LogP contribution in [0.3, 0.4) is 0 Å². The predicted octanol–water partition coefficient (Wildman–Crippen LogP) is 4.66. The van der Waals surface area contributed by atoms with Gasteiger partial charge in [0.1, 0.15) is 0 Å². The highest BCUT2D eigenvalue weighted by atomic mass is 35.5. The van der Waals surface area contributed by atoms with Gasteiger partial charge in [-0.2, -0.15) is 0 Å². The number of hydrogen-bond acceptors (Lipinski definition) is 3. The molecule has 0 spiro atoms. The van der Waals surface area contributed by atoms with Crippen molar-refractivity contribution in [1.29, 1.82) is 0 Å². The van der Waals surface area contributed by atoms with Crippen LogP contribution in [0.4, 0.5) is 0 Å². The molecule has 2 aromatic carbocycles. The first kappa shape index (κ1) is 20.6. The van der Waals surface area contributed by atoms with Gasteiger partial charge in [-0.3, -0.25) is 9.69 Å². The van der Waals surface area contributed by atoms with Crippen LogP contribution in [0.1, 0.15) is 54.1 Å². The van der Waals surface area contributed by atoms with E-state index in [0.29, 0.717) is 12.5 Å². The molecule has 1 saturated heterocycles. The second-order valence-electron chi connectivity index (χ2n) is 7.06. The van der Waals surface area contributed by atoms with Crippen LogP contribution in [0.15, 0.2) is 60.7 Å². The third-order valence-corrected chi connectivity index (χ3v) is 5.42. The molecule has 3 atom stereocenters. The molecule has 0 bridgehead atoms. The molecule has 1 heterocycles. The average Bonchev–Trinajstić information content (AvgIpc) is 2.66. The largest absolute Gasteiger partial charge is 0.388 e. The zero-order valence-corrected chi connectivity index (χ0v) is 16.1. The average molecular weight is 374 g/mol. The van der Waals surface area contributed by atoms with Gasteiger partial charge < -0.3 is 5.11 Å². The van der Waals surface area contributed by atoms with Gasteiger partial charge in [0.15, 0.2) is 5.78 Å². The molecule has 4 heteroatoms. The summed E-state index contributed by atoms with van der Waals surface area (Å²) in [5.74, 6) is 0.210. The quantitative estimate of drug-likeness (QED) is 0.749. The number of ketones is 1. The summed E-state index contributed by atoms with van der Waals surface area (Å²) in [4.78, 5) is 14.8. The molecule has 0 amide bonds. The minimum atomic E-state index is -0.447. The molecule has 140 valence electrons. The number of likely N-dealkylation sites (tertiary alicyclic amines) is 1. The Morgan fingerprint density at radius 1 is 1.04 bits per heavy atom. The third-order valence-electron chi connectivity index (χ3n) is 5.42. The molecular formula is C22H28ClNO2. The van der Waals surface area contributed by atoms with E-state index in [4.69, 9.17) is 0 Å². The first-order valence-electron chi connectivity index (χ1n) is 9.18. The number of benzene rings is 2. The fourth-order valence-corrected chi connectivity index (χ4v) is 3.85. The molecule has 0 unspecified atom stereocenters. The summed E-state index contributed by atoms with van der Waals surface area (Å²) in [5.41, 5.74) is 1.76. The maximum atomic E-state index is 12.5. The first-order chi connectivity index (χ1) is 12.1. The van der Waals surface area contributed by atoms with Gasteiger partial charge in [0.25, 0.3) is 0 Å². The van der Waals surface area contributed by atoms with Crippen LogP contribution < -0.4 is 0 Å². The van der Waals surface area contributed by atoms with Crippen molar-refractivity contribution in [2.24, 2.45) is 0 Å². The first-order valence-corrected chi connectivity index (χ1v) is 9.18. The number of nitrogens with zero attached hydrogens (tertiary/aromatic N) is 1. The number of Topliss-reactive ketones (excluding diaryl/α,β-unsaturated/α-hetero) is 1. The van der Waals surface area contributed by atoms with Crippen LogP contribution >= 0.6 is 12.4 Å². The maximum Gasteiger partial charge on any atom is 0.164 e. The lowest BCUT2D eigenvalue weighted by molar-refractivity contribution is 0.0549. The zero-order valence-electron chi connectivity index (χ0n) is 15.3. The van der Waals surface area contributed by atoms with Crippen molar-refractivity contribution in [1.82, 2.24) is 4.90 Å². The van der Waals surface area contributed by atoms with E-state index in [2.05, 4.69) is 11.9 Å². The summed E-state index contributed by atoms with van der Waals surface area (Å²) in [5, 5.41) is 10.5. The molecule has 1 N–H and O–H groups in total. The van der Waals surface area contributed by atoms with Crippen LogP contribution in [0.2, 0.25) is 0 Å². The fourth-order valence-electron chi connectivity index (χ4n) is 3.85. The summed E-state index contributed by atoms with van der Waals surface area (Å²) in [6.45, 7) is 0. The Balaban J connectivity index is 0.00000243. The normalized spacial score (nSPS) is 21.6. The molecule has 0 saturated carbocycles. The summed E-state index contributed by atoms with van der Waals surface area (Å²) < 4.78 is 0. The van der Waals surface area contributed by atoms with Crippen LogP contribution in [-0.4, -0.2) is 34.9 Å². The predicted molar refractivity (Wildman–Crippen MR) is 108 cm³/mol. The van der Waals surface area contributed by atoms with Gasteiger partial charge in [-0.25, -0.2) is 0 Å². The van der Waals surface area contributed by atoms with Crippen molar-refractivity contribution >= 4 is 18.2 Å². The Hall–Kier alpha value is -1.68. The highest BCUT2D eigenvalue weighted by molar-refractivity contribution is 5.96. The van der Waals surface area contributed by atoms with Crippen LogP contribution in [0.25, 0.3) is 0 Å². The Kier molecular flexibility index (Phi) is 7.83. The second-order valence-corrected chi connectivity index (χ2v) is 7.06. The van der Waals surface area contributed by atoms with Crippen molar-refractivity contribution in [3.05, 3.63) is 71.8 Å². The fraction of sp³-hybridized carbons (Fsp3) is 0.409. The molecule has 0 radical (unpaired) electrons. The topological polar surface area (TPSA) is 40.5 Å². The molecule has 0 aromatic heterocycles. The van der Waals surface area contributed by atoms with Crippen molar-refractivity contribution in [2.75, 3.05) is 7.05 Å². The smallest absolute Gasteiger partial charge is 0.164 e. The monoisotopic (exact) mass is 373 g/mol. The Bertz CT molecular complexity index is 677. The molecule has 2 aromatic rings. The van der Waals surface area contributed by atoms with Crippen molar-refractivity contribution in [2.45, 2.75) is 50.3 Å². The number of carbonyl (C=O) groups is 1. The van der Waals surface area contributed by atoms with E-state index in [1.54, 1.807) is 0 Å². The van der Waals surface area contributed by atoms with Crippen LogP contribution in [-0.2, 0) is 0 Å². The molecule has 1 aliphatic heterocycles. The number of halogens is 1. The van der Waals surface area contributed by atoms with E-state index in [1.807, 2.05) is 60.7 Å². The zero-order chi connectivity index (χ0) is 17.6. The minimum absolute atomic E-state index is 0. The van der Waals surface area contributed by atoms with E-state index in [0.717, 1.165) is 36.8 Å². The highest BCUT2D eigenvalue weighted by Gasteiger charge is 2.30. The van der Waals surface area contributed by atoms with Gasteiger partial charge in [-0.1, -0.05) is 67.1 Å². The number of hydrogen-bond donors (Lipinski definition) is 1. The SMILES string of the molecule is CN1[C@@H](CC(=O)c2ccccc2)CCC[C@H]1C[C@H](O)c1ccccc1.Cl. The van der Waals surface area contributed by atoms with Gasteiger partial charge in [-0.15, -0.1) is 12.4 Å². The molecule has 1 aliphatic rings. The summed E-state index contributed by atoms with van der Waals surface area (Å²) in [6, 6.07) is 20.0. The van der Waals surface area contributed by atoms with Gasteiger partial charge in [0.2, 0.25) is 0 Å². The van der Waals surface area contributed by atoms with Gasteiger partial charge in [-0.05, 0) is 31.9 Å².